The predicted octanol–water partition coefficient (Wildman–Crippen LogP) is 8.71. The van der Waals surface area contributed by atoms with Gasteiger partial charge in [-0.15, -0.1) is 0 Å². The summed E-state index contributed by atoms with van der Waals surface area (Å²) in [6, 6.07) is 40.4. The summed E-state index contributed by atoms with van der Waals surface area (Å²) in [7, 11) is 0. The average Bonchev–Trinajstić information content (AvgIpc) is 3.13. The fraction of sp³-hybridized carbons (Fsp3) is 0.205. The zero-order valence-electron chi connectivity index (χ0n) is 26.3. The Bertz CT molecular complexity index is 1800. The van der Waals surface area contributed by atoms with Crippen LogP contribution in [0.4, 0.5) is 0 Å². The van der Waals surface area contributed by atoms with Gasteiger partial charge in [0.2, 0.25) is 0 Å². The zero-order valence-corrected chi connectivity index (χ0v) is 26.3. The average molecular weight is 628 g/mol. The molecule has 4 aromatic carbocycles. The van der Waals surface area contributed by atoms with E-state index in [1.165, 1.54) is 6.92 Å². The van der Waals surface area contributed by atoms with Gasteiger partial charge in [0.25, 0.3) is 5.90 Å². The second-order valence-electron chi connectivity index (χ2n) is 11.4. The van der Waals surface area contributed by atoms with Crippen LogP contribution in [0, 0.1) is 0 Å². The second kappa shape index (κ2) is 15.7. The Balaban J connectivity index is 0.987. The van der Waals surface area contributed by atoms with E-state index in [9.17, 15) is 0 Å². The molecule has 47 heavy (non-hydrogen) atoms. The molecule has 0 aliphatic heterocycles. The fourth-order valence-electron chi connectivity index (χ4n) is 5.27. The summed E-state index contributed by atoms with van der Waals surface area (Å²) in [5, 5.41) is 15.1. The molecule has 6 rings (SSSR count). The molecule has 0 saturated carbocycles. The maximum Gasteiger partial charge on any atom is 0.264 e. The van der Waals surface area contributed by atoms with Crippen molar-refractivity contribution in [2.75, 3.05) is 0 Å². The summed E-state index contributed by atoms with van der Waals surface area (Å²) >= 11 is 0. The third kappa shape index (κ3) is 9.05. The van der Waals surface area contributed by atoms with Gasteiger partial charge in [-0.25, -0.2) is 15.2 Å². The van der Waals surface area contributed by atoms with Crippen LogP contribution >= 0.6 is 0 Å². The van der Waals surface area contributed by atoms with E-state index in [0.29, 0.717) is 13.2 Å². The molecule has 0 atom stereocenters. The van der Waals surface area contributed by atoms with Crippen LogP contribution in [0.15, 0.2) is 126 Å². The van der Waals surface area contributed by atoms with E-state index in [4.69, 9.17) is 19.6 Å². The van der Waals surface area contributed by atoms with Crippen LogP contribution in [0.2, 0.25) is 0 Å². The van der Waals surface area contributed by atoms with Crippen molar-refractivity contribution in [3.63, 3.8) is 0 Å². The maximum atomic E-state index is 8.90. The lowest BCUT2D eigenvalue weighted by molar-refractivity contribution is -0.159. The molecule has 8 nitrogen and oxygen atoms in total. The van der Waals surface area contributed by atoms with Gasteiger partial charge in [0.15, 0.2) is 0 Å². The molecule has 1 N–H and O–H groups in total. The molecule has 2 heterocycles. The number of oxime groups is 1. The Labute approximate surface area is 274 Å². The number of hydrogen-bond donors (Lipinski definition) is 1. The lowest BCUT2D eigenvalue weighted by Gasteiger charge is -2.16. The monoisotopic (exact) mass is 627 g/mol. The molecule has 0 radical (unpaired) electrons. The molecule has 0 bridgehead atoms. The second-order valence-corrected chi connectivity index (χ2v) is 11.4. The summed E-state index contributed by atoms with van der Waals surface area (Å²) in [6.45, 7) is 2.34. The van der Waals surface area contributed by atoms with Gasteiger partial charge in [0.1, 0.15) is 30.8 Å². The van der Waals surface area contributed by atoms with Crippen LogP contribution in [0.5, 0.6) is 11.5 Å². The van der Waals surface area contributed by atoms with Crippen LogP contribution < -0.4 is 9.47 Å². The topological polar surface area (TPSA) is 95.3 Å². The summed E-state index contributed by atoms with van der Waals surface area (Å²) in [5.74, 6) is 1.63. The number of pyridine rings is 2. The number of ether oxygens (including phenoxy) is 2. The molecule has 0 amide bonds. The third-order valence-electron chi connectivity index (χ3n) is 7.90. The van der Waals surface area contributed by atoms with Gasteiger partial charge in [-0.05, 0) is 90.5 Å². The Hall–Kier alpha value is -5.47. The minimum absolute atomic E-state index is 0.0554. The molecule has 0 saturated heterocycles. The number of benzene rings is 4. The van der Waals surface area contributed by atoms with E-state index >= 15 is 0 Å². The minimum Gasteiger partial charge on any atom is -0.487 e. The summed E-state index contributed by atoms with van der Waals surface area (Å²) in [5.41, 5.74) is 6.02. The number of fused-ring (bicyclic) bond motifs is 2. The molecular weight excluding hydrogens is 590 g/mol. The Morgan fingerprint density at radius 2 is 1.09 bits per heavy atom. The van der Waals surface area contributed by atoms with Gasteiger partial charge in [-0.3, -0.25) is 0 Å². The molecule has 0 unspecified atom stereocenters. The zero-order chi connectivity index (χ0) is 32.3. The lowest BCUT2D eigenvalue weighted by Crippen LogP contribution is -2.14. The summed E-state index contributed by atoms with van der Waals surface area (Å²) < 4.78 is 12.0. The van der Waals surface area contributed by atoms with E-state index in [0.717, 1.165) is 81.5 Å². The molecule has 2 aromatic heterocycles. The van der Waals surface area contributed by atoms with Crippen molar-refractivity contribution < 1.29 is 24.5 Å². The first-order chi connectivity index (χ1) is 23.1. The van der Waals surface area contributed by atoms with Gasteiger partial charge in [0, 0.05) is 17.7 Å². The first-order valence-electron chi connectivity index (χ1n) is 15.8. The molecular formula is C39H37N3O5. The van der Waals surface area contributed by atoms with Crippen LogP contribution in [0.1, 0.15) is 42.3 Å². The number of para-hydroxylation sites is 2. The van der Waals surface area contributed by atoms with E-state index < -0.39 is 0 Å². The molecule has 6 aromatic rings. The maximum absolute atomic E-state index is 8.90. The van der Waals surface area contributed by atoms with Crippen LogP contribution in [0.25, 0.3) is 21.8 Å². The lowest BCUT2D eigenvalue weighted by atomic mass is 10.0. The van der Waals surface area contributed by atoms with Gasteiger partial charge in [-0.1, -0.05) is 72.8 Å². The van der Waals surface area contributed by atoms with Crippen molar-refractivity contribution >= 4 is 27.7 Å². The van der Waals surface area contributed by atoms with Crippen molar-refractivity contribution in [1.82, 2.24) is 9.97 Å². The van der Waals surface area contributed by atoms with Gasteiger partial charge in [0.05, 0.1) is 22.4 Å². The number of hydrogen-bond acceptors (Lipinski definition) is 8. The fourth-order valence-corrected chi connectivity index (χ4v) is 5.27. The minimum atomic E-state index is -0.176. The number of rotatable bonds is 14. The highest BCUT2D eigenvalue weighted by molar-refractivity contribution is 5.79. The van der Waals surface area contributed by atoms with Crippen molar-refractivity contribution in [3.8, 4) is 11.5 Å². The van der Waals surface area contributed by atoms with E-state index in [-0.39, 0.29) is 12.0 Å². The van der Waals surface area contributed by atoms with E-state index in [2.05, 4.69) is 68.5 Å². The van der Waals surface area contributed by atoms with E-state index in [1.807, 2.05) is 72.8 Å². The van der Waals surface area contributed by atoms with E-state index in [1.54, 1.807) is 0 Å². The molecule has 0 aliphatic rings. The standard InChI is InChI=1S/C39H37N3O5/c1-28(47-43)42-46-37(24-14-29-10-20-35(21-11-29)44-26-33-18-16-31-6-2-4-8-38(31)40-33)25-15-30-12-22-36(23-13-30)45-27-34-19-17-32-7-3-5-9-39(32)41-34/h2-13,16-23,37,43H,14-15,24-27H2,1H3/b42-28+. The highest BCUT2D eigenvalue weighted by Gasteiger charge is 2.13. The molecule has 0 fully saturated rings. The summed E-state index contributed by atoms with van der Waals surface area (Å²) in [6.07, 6.45) is 2.89. The van der Waals surface area contributed by atoms with Crippen LogP contribution in [-0.4, -0.2) is 27.2 Å². The van der Waals surface area contributed by atoms with Crippen molar-refractivity contribution in [3.05, 3.63) is 144 Å². The highest BCUT2D eigenvalue weighted by Crippen LogP contribution is 2.21. The van der Waals surface area contributed by atoms with Crippen LogP contribution in [-0.2, 0) is 35.8 Å². The Morgan fingerprint density at radius 1 is 0.617 bits per heavy atom. The highest BCUT2D eigenvalue weighted by atomic mass is 17.1. The first kappa shape index (κ1) is 31.5. The van der Waals surface area contributed by atoms with Gasteiger partial charge in [-0.2, -0.15) is 0 Å². The Morgan fingerprint density at radius 3 is 1.55 bits per heavy atom. The van der Waals surface area contributed by atoms with Crippen LogP contribution in [0.3, 0.4) is 0 Å². The largest absolute Gasteiger partial charge is 0.487 e. The Kier molecular flexibility index (Phi) is 10.5. The summed E-state index contributed by atoms with van der Waals surface area (Å²) in [4.78, 5) is 19.3. The van der Waals surface area contributed by atoms with Gasteiger partial charge >= 0.3 is 0 Å². The smallest absolute Gasteiger partial charge is 0.264 e. The predicted molar refractivity (Wildman–Crippen MR) is 183 cm³/mol. The van der Waals surface area contributed by atoms with Gasteiger partial charge < -0.3 is 19.2 Å². The molecule has 8 heteroatoms. The quantitative estimate of drug-likeness (QED) is 0.0559. The molecule has 238 valence electrons. The molecule has 0 spiro atoms. The SMILES string of the molecule is C/C(=N\OC(CCc1ccc(OCc2ccc3ccccc3n2)cc1)CCc1ccc(OCc2ccc3ccccc3n2)cc1)OO. The van der Waals surface area contributed by atoms with Crippen molar-refractivity contribution in [1.29, 1.82) is 0 Å². The number of aromatic nitrogens is 2. The first-order valence-corrected chi connectivity index (χ1v) is 15.8. The normalized spacial score (nSPS) is 11.6. The third-order valence-corrected chi connectivity index (χ3v) is 7.90. The molecule has 0 aliphatic carbocycles. The number of nitrogens with zero attached hydrogens (tertiary/aromatic N) is 3. The van der Waals surface area contributed by atoms with Crippen molar-refractivity contribution in [2.45, 2.75) is 51.9 Å². The van der Waals surface area contributed by atoms with Crippen molar-refractivity contribution in [2.24, 2.45) is 5.16 Å². The number of aryl methyl sites for hydroxylation is 2.